The molecule has 0 aliphatic heterocycles. The van der Waals surface area contributed by atoms with Crippen LogP contribution < -0.4 is 5.32 Å². The van der Waals surface area contributed by atoms with Crippen molar-refractivity contribution in [1.29, 1.82) is 0 Å². The fraction of sp³-hybridized carbons (Fsp3) is 0.308. The van der Waals surface area contributed by atoms with E-state index in [0.717, 1.165) is 12.2 Å². The second-order valence-electron chi connectivity index (χ2n) is 4.54. The molecule has 1 aliphatic rings. The molecule has 2 aromatic rings. The second-order valence-corrected chi connectivity index (χ2v) is 5.41. The van der Waals surface area contributed by atoms with Crippen LogP contribution in [-0.4, -0.2) is 9.55 Å². The van der Waals surface area contributed by atoms with E-state index in [1.807, 2.05) is 24.7 Å². The largest absolute Gasteiger partial charge is 0.379 e. The Bertz CT molecular complexity index is 541. The van der Waals surface area contributed by atoms with E-state index in [1.165, 1.54) is 18.5 Å². The Balaban J connectivity index is 1.71. The number of benzene rings is 1. The van der Waals surface area contributed by atoms with Crippen LogP contribution in [0.3, 0.4) is 0 Å². The molecular weight excluding hydrogens is 269 g/mol. The average molecular weight is 282 g/mol. The zero-order valence-electron chi connectivity index (χ0n) is 9.74. The van der Waals surface area contributed by atoms with Crippen LogP contribution in [0.2, 0.25) is 10.0 Å². The Hall–Kier alpha value is -1.19. The predicted octanol–water partition coefficient (Wildman–Crippen LogP) is 4.14. The highest BCUT2D eigenvalue weighted by atomic mass is 35.5. The smallest absolute Gasteiger partial charge is 0.0951 e. The van der Waals surface area contributed by atoms with Crippen LogP contribution in [0.4, 0.5) is 5.69 Å². The minimum Gasteiger partial charge on any atom is -0.379 e. The summed E-state index contributed by atoms with van der Waals surface area (Å²) in [5.74, 6) is 0. The van der Waals surface area contributed by atoms with E-state index >= 15 is 0 Å². The summed E-state index contributed by atoms with van der Waals surface area (Å²) in [6.07, 6.45) is 6.32. The highest BCUT2D eigenvalue weighted by Crippen LogP contribution is 2.35. The quantitative estimate of drug-likeness (QED) is 0.913. The molecule has 5 heteroatoms. The highest BCUT2D eigenvalue weighted by molar-refractivity contribution is 6.35. The first kappa shape index (κ1) is 11.9. The molecule has 0 saturated heterocycles. The molecule has 3 rings (SSSR count). The SMILES string of the molecule is Clc1cc(Cl)cc(NCc2cncn2C2CC2)c1. The maximum Gasteiger partial charge on any atom is 0.0951 e. The van der Waals surface area contributed by atoms with Crippen molar-refractivity contribution in [3.63, 3.8) is 0 Å². The van der Waals surface area contributed by atoms with Gasteiger partial charge < -0.3 is 9.88 Å². The first-order valence-electron chi connectivity index (χ1n) is 5.93. The Labute approximate surface area is 116 Å². The van der Waals surface area contributed by atoms with Crippen LogP contribution in [-0.2, 0) is 6.54 Å². The Kier molecular flexibility index (Phi) is 3.18. The number of hydrogen-bond acceptors (Lipinski definition) is 2. The van der Waals surface area contributed by atoms with E-state index in [-0.39, 0.29) is 0 Å². The summed E-state index contributed by atoms with van der Waals surface area (Å²) < 4.78 is 2.24. The molecule has 1 aromatic carbocycles. The first-order valence-corrected chi connectivity index (χ1v) is 6.68. The van der Waals surface area contributed by atoms with E-state index in [2.05, 4.69) is 14.9 Å². The molecule has 0 amide bonds. The normalized spacial score (nSPS) is 14.8. The maximum atomic E-state index is 5.96. The van der Waals surface area contributed by atoms with Crippen molar-refractivity contribution in [2.24, 2.45) is 0 Å². The fourth-order valence-electron chi connectivity index (χ4n) is 2.00. The first-order chi connectivity index (χ1) is 8.72. The summed E-state index contributed by atoms with van der Waals surface area (Å²) in [5.41, 5.74) is 2.12. The van der Waals surface area contributed by atoms with Crippen molar-refractivity contribution in [2.75, 3.05) is 5.32 Å². The third-order valence-corrected chi connectivity index (χ3v) is 3.46. The van der Waals surface area contributed by atoms with Gasteiger partial charge in [-0.1, -0.05) is 23.2 Å². The Morgan fingerprint density at radius 3 is 2.61 bits per heavy atom. The molecule has 1 N–H and O–H groups in total. The zero-order chi connectivity index (χ0) is 12.5. The van der Waals surface area contributed by atoms with Gasteiger partial charge in [0, 0.05) is 28.0 Å². The van der Waals surface area contributed by atoms with Crippen LogP contribution >= 0.6 is 23.2 Å². The molecule has 0 radical (unpaired) electrons. The Morgan fingerprint density at radius 1 is 1.22 bits per heavy atom. The summed E-state index contributed by atoms with van der Waals surface area (Å²) in [5, 5.41) is 4.60. The minimum atomic E-state index is 0.640. The molecule has 1 heterocycles. The molecule has 0 atom stereocenters. The number of imidazole rings is 1. The second kappa shape index (κ2) is 4.82. The molecule has 1 fully saturated rings. The van der Waals surface area contributed by atoms with Crippen LogP contribution in [0.5, 0.6) is 0 Å². The third-order valence-electron chi connectivity index (χ3n) is 3.02. The number of nitrogens with one attached hydrogen (secondary N) is 1. The maximum absolute atomic E-state index is 5.96. The lowest BCUT2D eigenvalue weighted by molar-refractivity contribution is 0.701. The van der Waals surface area contributed by atoms with Crippen molar-refractivity contribution in [3.8, 4) is 0 Å². The molecule has 0 spiro atoms. The van der Waals surface area contributed by atoms with Gasteiger partial charge in [0.2, 0.25) is 0 Å². The van der Waals surface area contributed by atoms with Gasteiger partial charge in [-0.2, -0.15) is 0 Å². The number of hydrogen-bond donors (Lipinski definition) is 1. The van der Waals surface area contributed by atoms with Gasteiger partial charge >= 0.3 is 0 Å². The van der Waals surface area contributed by atoms with Gasteiger partial charge in [0.15, 0.2) is 0 Å². The van der Waals surface area contributed by atoms with Gasteiger partial charge in [-0.15, -0.1) is 0 Å². The summed E-state index contributed by atoms with van der Waals surface area (Å²) in [6, 6.07) is 6.10. The summed E-state index contributed by atoms with van der Waals surface area (Å²) in [6.45, 7) is 0.729. The molecule has 1 aromatic heterocycles. The van der Waals surface area contributed by atoms with Gasteiger partial charge in [0.25, 0.3) is 0 Å². The average Bonchev–Trinajstić information content (AvgIpc) is 3.05. The van der Waals surface area contributed by atoms with E-state index < -0.39 is 0 Å². The predicted molar refractivity (Wildman–Crippen MR) is 74.3 cm³/mol. The van der Waals surface area contributed by atoms with E-state index in [9.17, 15) is 0 Å². The van der Waals surface area contributed by atoms with Crippen molar-refractivity contribution in [2.45, 2.75) is 25.4 Å². The van der Waals surface area contributed by atoms with E-state index in [1.54, 1.807) is 6.07 Å². The zero-order valence-corrected chi connectivity index (χ0v) is 11.2. The molecule has 1 saturated carbocycles. The summed E-state index contributed by atoms with van der Waals surface area (Å²) >= 11 is 11.9. The van der Waals surface area contributed by atoms with Crippen molar-refractivity contribution < 1.29 is 0 Å². The molecule has 0 bridgehead atoms. The van der Waals surface area contributed by atoms with Crippen molar-refractivity contribution in [1.82, 2.24) is 9.55 Å². The van der Waals surface area contributed by atoms with Gasteiger partial charge in [0.1, 0.15) is 0 Å². The van der Waals surface area contributed by atoms with E-state index in [4.69, 9.17) is 23.2 Å². The lowest BCUT2D eigenvalue weighted by Gasteiger charge is -2.09. The highest BCUT2D eigenvalue weighted by Gasteiger charge is 2.24. The fourth-order valence-corrected chi connectivity index (χ4v) is 2.53. The minimum absolute atomic E-state index is 0.640. The molecule has 0 unspecified atom stereocenters. The van der Waals surface area contributed by atoms with Crippen LogP contribution in [0.1, 0.15) is 24.6 Å². The number of rotatable bonds is 4. The lowest BCUT2D eigenvalue weighted by Crippen LogP contribution is -2.05. The monoisotopic (exact) mass is 281 g/mol. The van der Waals surface area contributed by atoms with Gasteiger partial charge in [-0.05, 0) is 31.0 Å². The van der Waals surface area contributed by atoms with Crippen LogP contribution in [0, 0.1) is 0 Å². The number of nitrogens with zero attached hydrogens (tertiary/aromatic N) is 2. The van der Waals surface area contributed by atoms with Crippen LogP contribution in [0.15, 0.2) is 30.7 Å². The van der Waals surface area contributed by atoms with Crippen LogP contribution in [0.25, 0.3) is 0 Å². The van der Waals surface area contributed by atoms with Gasteiger partial charge in [-0.3, -0.25) is 0 Å². The summed E-state index contributed by atoms with van der Waals surface area (Å²) in [4.78, 5) is 4.20. The number of aromatic nitrogens is 2. The standard InChI is InChI=1S/C13H13Cl2N3/c14-9-3-10(15)5-11(4-9)17-7-13-6-16-8-18(13)12-1-2-12/h3-6,8,12,17H,1-2,7H2. The number of anilines is 1. The molecule has 3 nitrogen and oxygen atoms in total. The number of halogens is 2. The van der Waals surface area contributed by atoms with Crippen molar-refractivity contribution >= 4 is 28.9 Å². The summed E-state index contributed by atoms with van der Waals surface area (Å²) in [7, 11) is 0. The van der Waals surface area contributed by atoms with Gasteiger partial charge in [-0.25, -0.2) is 4.98 Å². The Morgan fingerprint density at radius 2 is 1.94 bits per heavy atom. The third kappa shape index (κ3) is 2.62. The van der Waals surface area contributed by atoms with Crippen molar-refractivity contribution in [3.05, 3.63) is 46.5 Å². The molecule has 18 heavy (non-hydrogen) atoms. The molecule has 94 valence electrons. The topological polar surface area (TPSA) is 29.9 Å². The van der Waals surface area contributed by atoms with E-state index in [0.29, 0.717) is 16.1 Å². The molecular formula is C13H13Cl2N3. The lowest BCUT2D eigenvalue weighted by atomic mass is 10.3. The van der Waals surface area contributed by atoms with Gasteiger partial charge in [0.05, 0.1) is 18.6 Å². The molecule has 1 aliphatic carbocycles.